The fourth-order valence-corrected chi connectivity index (χ4v) is 1.97. The standard InChI is InChI=1S/C14H17NO3S/c1-2-17-14(16)11-19-10-9-18-13-5-3-12(4-6-13)7-8-15/h3-6H,2,7,9-11H2,1H3. The average molecular weight is 279 g/mol. The molecule has 1 rings (SSSR count). The molecule has 4 nitrogen and oxygen atoms in total. The number of hydrogen-bond donors (Lipinski definition) is 0. The van der Waals surface area contributed by atoms with Crippen molar-refractivity contribution in [1.82, 2.24) is 0 Å². The van der Waals surface area contributed by atoms with Crippen LogP contribution in [0.25, 0.3) is 0 Å². The van der Waals surface area contributed by atoms with Crippen LogP contribution in [0.3, 0.4) is 0 Å². The first kappa shape index (κ1) is 15.4. The van der Waals surface area contributed by atoms with E-state index in [2.05, 4.69) is 6.07 Å². The molecule has 1 aromatic rings. The van der Waals surface area contributed by atoms with E-state index in [1.807, 2.05) is 24.3 Å². The third kappa shape index (κ3) is 6.73. The van der Waals surface area contributed by atoms with Crippen LogP contribution in [0, 0.1) is 11.3 Å². The highest BCUT2D eigenvalue weighted by molar-refractivity contribution is 7.99. The van der Waals surface area contributed by atoms with E-state index in [4.69, 9.17) is 14.7 Å². The van der Waals surface area contributed by atoms with Gasteiger partial charge in [0.15, 0.2) is 0 Å². The smallest absolute Gasteiger partial charge is 0.315 e. The second-order valence-electron chi connectivity index (χ2n) is 3.68. The maximum Gasteiger partial charge on any atom is 0.315 e. The monoisotopic (exact) mass is 279 g/mol. The van der Waals surface area contributed by atoms with Gasteiger partial charge in [-0.05, 0) is 24.6 Å². The molecule has 102 valence electrons. The molecule has 5 heteroatoms. The van der Waals surface area contributed by atoms with Gasteiger partial charge >= 0.3 is 5.97 Å². The van der Waals surface area contributed by atoms with E-state index in [0.29, 0.717) is 25.4 Å². The number of carbonyl (C=O) groups is 1. The molecule has 0 N–H and O–H groups in total. The molecule has 0 aromatic heterocycles. The van der Waals surface area contributed by atoms with Gasteiger partial charge in [0, 0.05) is 5.75 Å². The van der Waals surface area contributed by atoms with Gasteiger partial charge < -0.3 is 9.47 Å². The first-order chi connectivity index (χ1) is 9.26. The number of rotatable bonds is 8. The van der Waals surface area contributed by atoms with Gasteiger partial charge in [-0.2, -0.15) is 5.26 Å². The minimum Gasteiger partial charge on any atom is -0.493 e. The van der Waals surface area contributed by atoms with E-state index in [1.165, 1.54) is 11.8 Å². The van der Waals surface area contributed by atoms with Gasteiger partial charge in [0.25, 0.3) is 0 Å². The Balaban J connectivity index is 2.15. The molecular weight excluding hydrogens is 262 g/mol. The Morgan fingerprint density at radius 3 is 2.74 bits per heavy atom. The Bertz CT molecular complexity index is 425. The van der Waals surface area contributed by atoms with Crippen LogP contribution in [0.1, 0.15) is 12.5 Å². The van der Waals surface area contributed by atoms with E-state index in [9.17, 15) is 4.79 Å². The second kappa shape index (κ2) is 9.29. The van der Waals surface area contributed by atoms with Crippen molar-refractivity contribution in [3.8, 4) is 11.8 Å². The van der Waals surface area contributed by atoms with Crippen molar-refractivity contribution in [2.75, 3.05) is 24.7 Å². The molecule has 0 aliphatic rings. The molecule has 0 bridgehead atoms. The van der Waals surface area contributed by atoms with Crippen molar-refractivity contribution in [2.45, 2.75) is 13.3 Å². The van der Waals surface area contributed by atoms with Crippen LogP contribution < -0.4 is 4.74 Å². The predicted molar refractivity (Wildman–Crippen MR) is 75.2 cm³/mol. The summed E-state index contributed by atoms with van der Waals surface area (Å²) in [7, 11) is 0. The molecule has 0 fully saturated rings. The van der Waals surface area contributed by atoms with Crippen LogP contribution in [0.15, 0.2) is 24.3 Å². The zero-order chi connectivity index (χ0) is 13.9. The fourth-order valence-electron chi connectivity index (χ4n) is 1.37. The predicted octanol–water partition coefficient (Wildman–Crippen LogP) is 2.43. The maximum atomic E-state index is 11.1. The van der Waals surface area contributed by atoms with Gasteiger partial charge in [0.1, 0.15) is 5.75 Å². The summed E-state index contributed by atoms with van der Waals surface area (Å²) < 4.78 is 10.3. The van der Waals surface area contributed by atoms with Crippen molar-refractivity contribution in [1.29, 1.82) is 5.26 Å². The summed E-state index contributed by atoms with van der Waals surface area (Å²) in [5.74, 6) is 1.68. The second-order valence-corrected chi connectivity index (χ2v) is 4.79. The number of carbonyl (C=O) groups excluding carboxylic acids is 1. The van der Waals surface area contributed by atoms with Crippen LogP contribution in [-0.2, 0) is 16.0 Å². The van der Waals surface area contributed by atoms with Gasteiger partial charge in [0.05, 0.1) is 31.5 Å². The number of thioether (sulfide) groups is 1. The lowest BCUT2D eigenvalue weighted by molar-refractivity contribution is -0.139. The molecule has 0 unspecified atom stereocenters. The first-order valence-electron chi connectivity index (χ1n) is 6.08. The molecule has 0 heterocycles. The Morgan fingerprint density at radius 1 is 1.37 bits per heavy atom. The summed E-state index contributed by atoms with van der Waals surface area (Å²) >= 11 is 1.49. The molecule has 0 aliphatic carbocycles. The lowest BCUT2D eigenvalue weighted by Gasteiger charge is -2.06. The number of nitrogens with zero attached hydrogens (tertiary/aromatic N) is 1. The molecular formula is C14H17NO3S. The van der Waals surface area contributed by atoms with Crippen molar-refractivity contribution in [3.05, 3.63) is 29.8 Å². The number of esters is 1. The van der Waals surface area contributed by atoms with Gasteiger partial charge in [-0.15, -0.1) is 11.8 Å². The van der Waals surface area contributed by atoms with E-state index in [1.54, 1.807) is 6.92 Å². The van der Waals surface area contributed by atoms with Crippen molar-refractivity contribution in [3.63, 3.8) is 0 Å². The van der Waals surface area contributed by atoms with Gasteiger partial charge in [-0.1, -0.05) is 12.1 Å². The molecule has 19 heavy (non-hydrogen) atoms. The highest BCUT2D eigenvalue weighted by atomic mass is 32.2. The first-order valence-corrected chi connectivity index (χ1v) is 7.23. The SMILES string of the molecule is CCOC(=O)CSCCOc1ccc(CC#N)cc1. The summed E-state index contributed by atoms with van der Waals surface area (Å²) in [5.41, 5.74) is 0.978. The highest BCUT2D eigenvalue weighted by Gasteiger charge is 2.01. The molecule has 0 spiro atoms. The molecule has 0 saturated carbocycles. The zero-order valence-corrected chi connectivity index (χ0v) is 11.7. The summed E-state index contributed by atoms with van der Waals surface area (Å²) in [6.45, 7) is 2.76. The minimum atomic E-state index is -0.187. The van der Waals surface area contributed by atoms with Crippen LogP contribution in [0.2, 0.25) is 0 Å². The fraction of sp³-hybridized carbons (Fsp3) is 0.429. The van der Waals surface area contributed by atoms with Crippen LogP contribution >= 0.6 is 11.8 Å². The van der Waals surface area contributed by atoms with Crippen LogP contribution in [0.5, 0.6) is 5.75 Å². The van der Waals surface area contributed by atoms with Crippen molar-refractivity contribution >= 4 is 17.7 Å². The molecule has 0 saturated heterocycles. The van der Waals surface area contributed by atoms with Crippen molar-refractivity contribution < 1.29 is 14.3 Å². The Kier molecular flexibility index (Phi) is 7.52. The van der Waals surface area contributed by atoms with Crippen LogP contribution in [-0.4, -0.2) is 30.7 Å². The third-order valence-electron chi connectivity index (χ3n) is 2.23. The average Bonchev–Trinajstić information content (AvgIpc) is 2.41. The number of benzene rings is 1. The Morgan fingerprint density at radius 2 is 2.11 bits per heavy atom. The van der Waals surface area contributed by atoms with Crippen LogP contribution in [0.4, 0.5) is 0 Å². The quantitative estimate of drug-likeness (QED) is 0.540. The highest BCUT2D eigenvalue weighted by Crippen LogP contribution is 2.13. The van der Waals surface area contributed by atoms with Gasteiger partial charge in [-0.3, -0.25) is 4.79 Å². The summed E-state index contributed by atoms with van der Waals surface area (Å²) in [6, 6.07) is 9.55. The van der Waals surface area contributed by atoms with Crippen molar-refractivity contribution in [2.24, 2.45) is 0 Å². The molecule has 1 aromatic carbocycles. The van der Waals surface area contributed by atoms with E-state index >= 15 is 0 Å². The van der Waals surface area contributed by atoms with E-state index in [0.717, 1.165) is 17.1 Å². The Hall–Kier alpha value is -1.67. The normalized spacial score (nSPS) is 9.68. The van der Waals surface area contributed by atoms with Gasteiger partial charge in [-0.25, -0.2) is 0 Å². The minimum absolute atomic E-state index is 0.187. The largest absolute Gasteiger partial charge is 0.493 e. The Labute approximate surface area is 117 Å². The molecule has 0 radical (unpaired) electrons. The number of hydrogen-bond acceptors (Lipinski definition) is 5. The summed E-state index contributed by atoms with van der Waals surface area (Å²) in [6.07, 6.45) is 0.412. The van der Waals surface area contributed by atoms with E-state index in [-0.39, 0.29) is 5.97 Å². The van der Waals surface area contributed by atoms with Gasteiger partial charge in [0.2, 0.25) is 0 Å². The molecule has 0 amide bonds. The number of nitriles is 1. The summed E-state index contributed by atoms with van der Waals surface area (Å²) in [4.78, 5) is 11.1. The molecule has 0 aliphatic heterocycles. The lowest BCUT2D eigenvalue weighted by Crippen LogP contribution is -2.09. The topological polar surface area (TPSA) is 59.3 Å². The molecule has 0 atom stereocenters. The number of ether oxygens (including phenoxy) is 2. The van der Waals surface area contributed by atoms with E-state index < -0.39 is 0 Å². The third-order valence-corrected chi connectivity index (χ3v) is 3.12. The maximum absolute atomic E-state index is 11.1. The zero-order valence-electron chi connectivity index (χ0n) is 10.9. The lowest BCUT2D eigenvalue weighted by atomic mass is 10.2. The summed E-state index contributed by atoms with van der Waals surface area (Å²) in [5, 5.41) is 8.55.